The minimum Gasteiger partial charge on any atom is -0.326 e. The van der Waals surface area contributed by atoms with E-state index in [1.165, 1.54) is 30.0 Å². The van der Waals surface area contributed by atoms with Gasteiger partial charge < -0.3 is 10.2 Å². The summed E-state index contributed by atoms with van der Waals surface area (Å²) in [7, 11) is 0. The largest absolute Gasteiger partial charge is 0.326 e. The predicted molar refractivity (Wildman–Crippen MR) is 93.5 cm³/mol. The molecule has 0 saturated heterocycles. The summed E-state index contributed by atoms with van der Waals surface area (Å²) in [6, 6.07) is 13.4. The normalized spacial score (nSPS) is 10.3. The van der Waals surface area contributed by atoms with E-state index in [4.69, 9.17) is 0 Å². The third-order valence-corrected chi connectivity index (χ3v) is 3.73. The van der Waals surface area contributed by atoms with Crippen LogP contribution in [0.5, 0.6) is 0 Å². The highest BCUT2D eigenvalue weighted by Crippen LogP contribution is 2.18. The van der Waals surface area contributed by atoms with Gasteiger partial charge in [-0.1, -0.05) is 31.2 Å². The van der Waals surface area contributed by atoms with E-state index in [0.29, 0.717) is 5.69 Å². The Morgan fingerprint density at radius 3 is 2.54 bits per heavy atom. The summed E-state index contributed by atoms with van der Waals surface area (Å²) >= 11 is 0. The van der Waals surface area contributed by atoms with E-state index in [0.717, 1.165) is 17.7 Å². The molecule has 0 aromatic heterocycles. The molecule has 1 N–H and O–H groups in total. The van der Waals surface area contributed by atoms with Gasteiger partial charge in [0, 0.05) is 31.3 Å². The van der Waals surface area contributed by atoms with Crippen LogP contribution in [0.4, 0.5) is 15.8 Å². The van der Waals surface area contributed by atoms with Gasteiger partial charge in [-0.25, -0.2) is 4.39 Å². The topological polar surface area (TPSA) is 49.4 Å². The molecule has 0 aliphatic carbocycles. The number of halogens is 1. The summed E-state index contributed by atoms with van der Waals surface area (Å²) < 4.78 is 13.3. The molecule has 0 saturated carbocycles. The Balaban J connectivity index is 2.02. The van der Waals surface area contributed by atoms with Gasteiger partial charge in [0.15, 0.2) is 0 Å². The van der Waals surface area contributed by atoms with Gasteiger partial charge in [-0.3, -0.25) is 9.59 Å². The number of nitrogens with zero attached hydrogens (tertiary/aromatic N) is 1. The Morgan fingerprint density at radius 2 is 1.88 bits per heavy atom. The van der Waals surface area contributed by atoms with Crippen molar-refractivity contribution in [3.05, 3.63) is 59.9 Å². The molecule has 126 valence electrons. The van der Waals surface area contributed by atoms with E-state index in [2.05, 4.69) is 5.32 Å². The fourth-order valence-corrected chi connectivity index (χ4v) is 2.49. The number of carbonyl (C=O) groups excluding carboxylic acids is 2. The molecule has 2 rings (SSSR count). The van der Waals surface area contributed by atoms with E-state index in [9.17, 15) is 14.0 Å². The molecule has 0 heterocycles. The lowest BCUT2D eigenvalue weighted by Crippen LogP contribution is -2.32. The molecule has 2 aromatic rings. The number of rotatable bonds is 6. The summed E-state index contributed by atoms with van der Waals surface area (Å²) in [4.78, 5) is 25.4. The van der Waals surface area contributed by atoms with Gasteiger partial charge in [-0.15, -0.1) is 0 Å². The lowest BCUT2D eigenvalue weighted by molar-refractivity contribution is -0.117. The zero-order valence-electron chi connectivity index (χ0n) is 13.9. The molecule has 0 aliphatic heterocycles. The van der Waals surface area contributed by atoms with Crippen LogP contribution in [0.3, 0.4) is 0 Å². The Kier molecular flexibility index (Phi) is 6.07. The Labute approximate surface area is 141 Å². The second-order valence-electron chi connectivity index (χ2n) is 5.46. The van der Waals surface area contributed by atoms with E-state index >= 15 is 0 Å². The van der Waals surface area contributed by atoms with Gasteiger partial charge in [0.05, 0.1) is 0 Å². The molecule has 0 unspecified atom stereocenters. The van der Waals surface area contributed by atoms with Gasteiger partial charge in [0.1, 0.15) is 5.82 Å². The average Bonchev–Trinajstić information content (AvgIpc) is 2.55. The summed E-state index contributed by atoms with van der Waals surface area (Å²) in [6.07, 6.45) is 0.952. The summed E-state index contributed by atoms with van der Waals surface area (Å²) in [5.41, 5.74) is 2.29. The molecule has 2 aromatic carbocycles. The second-order valence-corrected chi connectivity index (χ2v) is 5.46. The van der Waals surface area contributed by atoms with Crippen LogP contribution in [0.2, 0.25) is 0 Å². The van der Waals surface area contributed by atoms with Crippen molar-refractivity contribution in [3.63, 3.8) is 0 Å². The van der Waals surface area contributed by atoms with E-state index in [1.807, 2.05) is 31.2 Å². The van der Waals surface area contributed by atoms with Crippen molar-refractivity contribution in [3.8, 4) is 0 Å². The molecule has 0 spiro atoms. The zero-order chi connectivity index (χ0) is 17.5. The molecule has 0 radical (unpaired) electrons. The minimum absolute atomic E-state index is 0.133. The van der Waals surface area contributed by atoms with Gasteiger partial charge >= 0.3 is 0 Å². The van der Waals surface area contributed by atoms with E-state index in [1.54, 1.807) is 6.07 Å². The van der Waals surface area contributed by atoms with Crippen LogP contribution in [0, 0.1) is 5.82 Å². The molecule has 0 atom stereocenters. The van der Waals surface area contributed by atoms with Crippen molar-refractivity contribution in [2.45, 2.75) is 26.7 Å². The number of hydrogen-bond acceptors (Lipinski definition) is 2. The average molecular weight is 328 g/mol. The third kappa shape index (κ3) is 4.65. The molecular weight excluding hydrogens is 307 g/mol. The Bertz CT molecular complexity index is 731. The number of benzene rings is 2. The summed E-state index contributed by atoms with van der Waals surface area (Å²) in [5, 5.41) is 2.87. The number of amides is 2. The van der Waals surface area contributed by atoms with Gasteiger partial charge in [-0.2, -0.15) is 0 Å². The molecule has 2 amide bonds. The summed E-state index contributed by atoms with van der Waals surface area (Å²) in [5.74, 6) is -0.832. The molecule has 0 bridgehead atoms. The van der Waals surface area contributed by atoms with Crippen LogP contribution in [-0.4, -0.2) is 18.4 Å². The van der Waals surface area contributed by atoms with Crippen molar-refractivity contribution >= 4 is 23.2 Å². The number of hydrogen-bond donors (Lipinski definition) is 1. The first-order chi connectivity index (χ1) is 11.5. The maximum absolute atomic E-state index is 13.3. The maximum atomic E-state index is 13.3. The van der Waals surface area contributed by atoms with Crippen LogP contribution in [-0.2, 0) is 16.0 Å². The molecule has 0 aliphatic rings. The smallest absolute Gasteiger partial charge is 0.226 e. The van der Waals surface area contributed by atoms with Crippen LogP contribution in [0.25, 0.3) is 0 Å². The highest BCUT2D eigenvalue weighted by atomic mass is 19.1. The van der Waals surface area contributed by atoms with Crippen LogP contribution >= 0.6 is 0 Å². The van der Waals surface area contributed by atoms with Gasteiger partial charge in [-0.05, 0) is 36.2 Å². The lowest BCUT2D eigenvalue weighted by atomic mass is 10.1. The van der Waals surface area contributed by atoms with Crippen molar-refractivity contribution in [1.82, 2.24) is 0 Å². The Morgan fingerprint density at radius 1 is 1.12 bits per heavy atom. The van der Waals surface area contributed by atoms with Gasteiger partial charge in [0.2, 0.25) is 11.8 Å². The number of aryl methyl sites for hydroxylation is 1. The molecule has 24 heavy (non-hydrogen) atoms. The fourth-order valence-electron chi connectivity index (χ4n) is 2.49. The minimum atomic E-state index is -0.417. The molecule has 0 fully saturated rings. The van der Waals surface area contributed by atoms with Crippen LogP contribution in [0.1, 0.15) is 25.8 Å². The maximum Gasteiger partial charge on any atom is 0.226 e. The molecule has 5 heteroatoms. The van der Waals surface area contributed by atoms with Crippen LogP contribution < -0.4 is 10.2 Å². The number of para-hydroxylation sites is 1. The standard InChI is InChI=1S/C19H21FN2O2/c1-3-15-7-4-5-10-18(15)21-19(24)11-12-22(14(2)23)17-9-6-8-16(20)13-17/h4-10,13H,3,11-12H2,1-2H3,(H,21,24). The fraction of sp³-hybridized carbons (Fsp3) is 0.263. The first kappa shape index (κ1) is 17.7. The first-order valence-electron chi connectivity index (χ1n) is 7.92. The predicted octanol–water partition coefficient (Wildman–Crippen LogP) is 3.77. The van der Waals surface area contributed by atoms with E-state index < -0.39 is 5.82 Å². The highest BCUT2D eigenvalue weighted by Gasteiger charge is 2.14. The zero-order valence-corrected chi connectivity index (χ0v) is 13.9. The molecule has 4 nitrogen and oxygen atoms in total. The van der Waals surface area contributed by atoms with Gasteiger partial charge in [0.25, 0.3) is 0 Å². The SMILES string of the molecule is CCc1ccccc1NC(=O)CCN(C(C)=O)c1cccc(F)c1. The monoisotopic (exact) mass is 328 g/mol. The second kappa shape index (κ2) is 8.24. The summed E-state index contributed by atoms with van der Waals surface area (Å²) in [6.45, 7) is 3.61. The quantitative estimate of drug-likeness (QED) is 0.877. The van der Waals surface area contributed by atoms with Crippen LogP contribution in [0.15, 0.2) is 48.5 Å². The number of carbonyl (C=O) groups is 2. The number of nitrogens with one attached hydrogen (secondary N) is 1. The third-order valence-electron chi connectivity index (χ3n) is 3.73. The highest BCUT2D eigenvalue weighted by molar-refractivity contribution is 5.95. The lowest BCUT2D eigenvalue weighted by Gasteiger charge is -2.21. The Hall–Kier alpha value is -2.69. The molecular formula is C19H21FN2O2. The van der Waals surface area contributed by atoms with Crippen molar-refractivity contribution in [1.29, 1.82) is 0 Å². The number of anilines is 2. The van der Waals surface area contributed by atoms with Crippen molar-refractivity contribution in [2.75, 3.05) is 16.8 Å². The van der Waals surface area contributed by atoms with Crippen molar-refractivity contribution < 1.29 is 14.0 Å². The first-order valence-corrected chi connectivity index (χ1v) is 7.92. The van der Waals surface area contributed by atoms with Crippen molar-refractivity contribution in [2.24, 2.45) is 0 Å². The van der Waals surface area contributed by atoms with E-state index in [-0.39, 0.29) is 24.8 Å².